The summed E-state index contributed by atoms with van der Waals surface area (Å²) in [6.07, 6.45) is 5.54. The smallest absolute Gasteiger partial charge is 0.138 e. The van der Waals surface area contributed by atoms with Crippen LogP contribution in [0.5, 0.6) is 0 Å². The van der Waals surface area contributed by atoms with E-state index in [0.717, 1.165) is 28.5 Å². The second-order valence-electron chi connectivity index (χ2n) is 4.09. The van der Waals surface area contributed by atoms with E-state index < -0.39 is 0 Å². The van der Waals surface area contributed by atoms with Crippen molar-refractivity contribution in [2.45, 2.75) is 4.90 Å². The molecule has 0 fully saturated rings. The predicted octanol–water partition coefficient (Wildman–Crippen LogP) is 5.21. The van der Waals surface area contributed by atoms with Crippen molar-refractivity contribution in [3.8, 4) is 5.40 Å². The summed E-state index contributed by atoms with van der Waals surface area (Å²) in [5, 5.41) is 10.4. The SMILES string of the molecule is C=Cc1ccc(C=Cc2ccc(SC#N)c(F)c2)cc1. The monoisotopic (exact) mass is 281 g/mol. The fraction of sp³-hybridized carbons (Fsp3) is 0. The second-order valence-corrected chi connectivity index (χ2v) is 4.91. The van der Waals surface area contributed by atoms with E-state index in [0.29, 0.717) is 4.90 Å². The number of thiocyanates is 1. The van der Waals surface area contributed by atoms with Crippen LogP contribution in [0.25, 0.3) is 18.2 Å². The third kappa shape index (κ3) is 3.59. The van der Waals surface area contributed by atoms with E-state index in [1.807, 2.05) is 41.8 Å². The molecule has 0 aliphatic carbocycles. The Balaban J connectivity index is 2.16. The molecule has 0 spiro atoms. The summed E-state index contributed by atoms with van der Waals surface area (Å²) < 4.78 is 13.6. The molecule has 0 aliphatic heterocycles. The van der Waals surface area contributed by atoms with Gasteiger partial charge >= 0.3 is 0 Å². The maximum Gasteiger partial charge on any atom is 0.138 e. The van der Waals surface area contributed by atoms with Crippen molar-refractivity contribution >= 4 is 30.0 Å². The van der Waals surface area contributed by atoms with Gasteiger partial charge in [0.1, 0.15) is 11.2 Å². The van der Waals surface area contributed by atoms with Crippen LogP contribution >= 0.6 is 11.8 Å². The highest BCUT2D eigenvalue weighted by molar-refractivity contribution is 8.03. The summed E-state index contributed by atoms with van der Waals surface area (Å²) in [7, 11) is 0. The molecule has 20 heavy (non-hydrogen) atoms. The standard InChI is InChI=1S/C17H12FNS/c1-2-13-3-5-14(6-4-13)7-8-15-9-10-17(20-12-19)16(18)11-15/h2-11H,1H2. The van der Waals surface area contributed by atoms with Crippen LogP contribution in [0.3, 0.4) is 0 Å². The number of thioether (sulfide) groups is 1. The van der Waals surface area contributed by atoms with Crippen molar-refractivity contribution in [1.82, 2.24) is 0 Å². The van der Waals surface area contributed by atoms with Crippen LogP contribution in [0, 0.1) is 16.5 Å². The minimum atomic E-state index is -0.374. The third-order valence-corrected chi connectivity index (χ3v) is 3.39. The van der Waals surface area contributed by atoms with E-state index >= 15 is 0 Å². The highest BCUT2D eigenvalue weighted by atomic mass is 32.2. The van der Waals surface area contributed by atoms with Gasteiger partial charge in [0.2, 0.25) is 0 Å². The predicted molar refractivity (Wildman–Crippen MR) is 83.3 cm³/mol. The Kier molecular flexibility index (Phi) is 4.75. The molecular weight excluding hydrogens is 269 g/mol. The van der Waals surface area contributed by atoms with Gasteiger partial charge in [0.05, 0.1) is 4.90 Å². The topological polar surface area (TPSA) is 23.8 Å². The molecule has 0 N–H and O–H groups in total. The molecule has 3 heteroatoms. The molecule has 1 nitrogen and oxygen atoms in total. The fourth-order valence-electron chi connectivity index (χ4n) is 1.69. The Morgan fingerprint density at radius 2 is 1.60 bits per heavy atom. The number of rotatable bonds is 4. The number of halogens is 1. The van der Waals surface area contributed by atoms with Crippen LogP contribution in [0.1, 0.15) is 16.7 Å². The average Bonchev–Trinajstić information content (AvgIpc) is 2.48. The minimum absolute atomic E-state index is 0.347. The van der Waals surface area contributed by atoms with Crippen molar-refractivity contribution in [2.75, 3.05) is 0 Å². The molecule has 0 atom stereocenters. The van der Waals surface area contributed by atoms with Gasteiger partial charge in [-0.15, -0.1) is 0 Å². The van der Waals surface area contributed by atoms with Gasteiger partial charge in [0.15, 0.2) is 0 Å². The Morgan fingerprint density at radius 3 is 2.20 bits per heavy atom. The van der Waals surface area contributed by atoms with Gasteiger partial charge in [-0.2, -0.15) is 5.26 Å². The summed E-state index contributed by atoms with van der Waals surface area (Å²) in [4.78, 5) is 0.347. The molecule has 0 aromatic heterocycles. The third-order valence-electron chi connectivity index (χ3n) is 2.75. The van der Waals surface area contributed by atoms with Gasteiger partial charge < -0.3 is 0 Å². The molecule has 2 rings (SSSR count). The first-order chi connectivity index (χ1) is 9.72. The summed E-state index contributed by atoms with van der Waals surface area (Å²) in [5.74, 6) is -0.374. The van der Waals surface area contributed by atoms with Gasteiger partial charge in [0, 0.05) is 0 Å². The lowest BCUT2D eigenvalue weighted by Gasteiger charge is -1.99. The largest absolute Gasteiger partial charge is 0.206 e. The molecule has 0 amide bonds. The molecule has 2 aromatic rings. The Hall–Kier alpha value is -2.31. The Bertz CT molecular complexity index is 681. The Labute approximate surface area is 122 Å². The van der Waals surface area contributed by atoms with Crippen LogP contribution < -0.4 is 0 Å². The van der Waals surface area contributed by atoms with E-state index in [-0.39, 0.29) is 5.82 Å². The number of hydrogen-bond donors (Lipinski definition) is 0. The first-order valence-corrected chi connectivity index (χ1v) is 6.80. The van der Waals surface area contributed by atoms with Gasteiger partial charge in [0.25, 0.3) is 0 Å². The minimum Gasteiger partial charge on any atom is -0.206 e. The zero-order valence-corrected chi connectivity index (χ0v) is 11.5. The quantitative estimate of drug-likeness (QED) is 0.436. The lowest BCUT2D eigenvalue weighted by molar-refractivity contribution is 0.602. The van der Waals surface area contributed by atoms with Gasteiger partial charge in [-0.1, -0.05) is 55.1 Å². The maximum absolute atomic E-state index is 13.6. The second kappa shape index (κ2) is 6.74. The van der Waals surface area contributed by atoms with E-state index in [1.165, 1.54) is 6.07 Å². The van der Waals surface area contributed by atoms with Gasteiger partial charge in [-0.05, 0) is 40.6 Å². The molecule has 0 bridgehead atoms. The number of benzene rings is 2. The van der Waals surface area contributed by atoms with E-state index in [9.17, 15) is 4.39 Å². The molecule has 0 saturated carbocycles. The van der Waals surface area contributed by atoms with E-state index in [2.05, 4.69) is 6.58 Å². The molecule has 0 saturated heterocycles. The maximum atomic E-state index is 13.6. The molecule has 0 unspecified atom stereocenters. The summed E-state index contributed by atoms with van der Waals surface area (Å²) in [5.41, 5.74) is 2.86. The molecule has 0 heterocycles. The number of nitriles is 1. The van der Waals surface area contributed by atoms with Crippen molar-refractivity contribution in [2.24, 2.45) is 0 Å². The first kappa shape index (κ1) is 14.1. The van der Waals surface area contributed by atoms with Crippen molar-refractivity contribution in [1.29, 1.82) is 5.26 Å². The normalized spacial score (nSPS) is 10.4. The van der Waals surface area contributed by atoms with Crippen LogP contribution in [0.2, 0.25) is 0 Å². The molecule has 98 valence electrons. The van der Waals surface area contributed by atoms with Crippen LogP contribution in [-0.2, 0) is 0 Å². The molecule has 0 radical (unpaired) electrons. The number of nitrogens with zero attached hydrogens (tertiary/aromatic N) is 1. The first-order valence-electron chi connectivity index (χ1n) is 5.99. The zero-order valence-electron chi connectivity index (χ0n) is 10.7. The van der Waals surface area contributed by atoms with E-state index in [4.69, 9.17) is 5.26 Å². The molecular formula is C17H12FNS. The zero-order chi connectivity index (χ0) is 14.4. The van der Waals surface area contributed by atoms with Crippen molar-refractivity contribution < 1.29 is 4.39 Å². The highest BCUT2D eigenvalue weighted by Gasteiger charge is 2.02. The summed E-state index contributed by atoms with van der Waals surface area (Å²) in [6.45, 7) is 3.70. The highest BCUT2D eigenvalue weighted by Crippen LogP contribution is 2.22. The van der Waals surface area contributed by atoms with E-state index in [1.54, 1.807) is 18.2 Å². The van der Waals surface area contributed by atoms with Crippen molar-refractivity contribution in [3.05, 3.63) is 71.6 Å². The summed E-state index contributed by atoms with van der Waals surface area (Å²) >= 11 is 0.826. The average molecular weight is 281 g/mol. The molecule has 2 aromatic carbocycles. The van der Waals surface area contributed by atoms with Crippen LogP contribution in [-0.4, -0.2) is 0 Å². The fourth-order valence-corrected chi connectivity index (χ4v) is 2.08. The summed E-state index contributed by atoms with van der Waals surface area (Å²) in [6, 6.07) is 12.7. The van der Waals surface area contributed by atoms with Crippen LogP contribution in [0.15, 0.2) is 53.9 Å². The lowest BCUT2D eigenvalue weighted by Crippen LogP contribution is -1.81. The van der Waals surface area contributed by atoms with Gasteiger partial charge in [-0.3, -0.25) is 0 Å². The van der Waals surface area contributed by atoms with Crippen LogP contribution in [0.4, 0.5) is 4.39 Å². The van der Waals surface area contributed by atoms with Gasteiger partial charge in [-0.25, -0.2) is 4.39 Å². The number of hydrogen-bond acceptors (Lipinski definition) is 2. The lowest BCUT2D eigenvalue weighted by atomic mass is 10.1. The molecule has 0 aliphatic rings. The Morgan fingerprint density at radius 1 is 1.00 bits per heavy atom. The van der Waals surface area contributed by atoms with Crippen molar-refractivity contribution in [3.63, 3.8) is 0 Å².